The molecule has 1 heterocycles. The second-order valence-electron chi connectivity index (χ2n) is 9.09. The van der Waals surface area contributed by atoms with Crippen molar-refractivity contribution in [1.29, 1.82) is 0 Å². The van der Waals surface area contributed by atoms with E-state index in [1.165, 1.54) is 57.8 Å². The van der Waals surface area contributed by atoms with Gasteiger partial charge in [0.05, 0.1) is 12.5 Å². The highest BCUT2D eigenvalue weighted by molar-refractivity contribution is 8.15. The Morgan fingerprint density at radius 2 is 1.87 bits per heavy atom. The molecule has 1 spiro atoms. The molecule has 4 nitrogen and oxygen atoms in total. The summed E-state index contributed by atoms with van der Waals surface area (Å²) < 4.78 is 6.16. The topological polar surface area (TPSA) is 55.4 Å². The van der Waals surface area contributed by atoms with Crippen LogP contribution in [0.1, 0.15) is 76.2 Å². The van der Waals surface area contributed by atoms with Gasteiger partial charge in [0, 0.05) is 0 Å². The van der Waals surface area contributed by atoms with E-state index in [2.05, 4.69) is 17.2 Å². The molecule has 0 radical (unpaired) electrons. The van der Waals surface area contributed by atoms with Crippen LogP contribution in [-0.2, 0) is 4.79 Å². The van der Waals surface area contributed by atoms with E-state index < -0.39 is 5.25 Å². The van der Waals surface area contributed by atoms with E-state index in [4.69, 9.17) is 4.74 Å². The highest BCUT2D eigenvalue weighted by atomic mass is 32.2. The largest absolute Gasteiger partial charge is 0.493 e. The molecule has 160 valence electrons. The van der Waals surface area contributed by atoms with Crippen LogP contribution < -0.4 is 10.1 Å². The maximum absolute atomic E-state index is 12.1. The Morgan fingerprint density at radius 3 is 2.53 bits per heavy atom. The van der Waals surface area contributed by atoms with Crippen molar-refractivity contribution < 1.29 is 14.3 Å². The van der Waals surface area contributed by atoms with Crippen LogP contribution in [0.15, 0.2) is 24.3 Å². The van der Waals surface area contributed by atoms with Crippen LogP contribution in [0, 0.1) is 23.2 Å². The molecule has 5 heteroatoms. The molecule has 2 aliphatic carbocycles. The zero-order valence-electron chi connectivity index (χ0n) is 17.7. The van der Waals surface area contributed by atoms with Crippen LogP contribution in [-0.4, -0.2) is 23.0 Å². The van der Waals surface area contributed by atoms with Crippen molar-refractivity contribution in [3.8, 4) is 17.6 Å². The molecular formula is C25H31NO3S. The van der Waals surface area contributed by atoms with E-state index in [9.17, 15) is 9.59 Å². The first kappa shape index (κ1) is 21.3. The fourth-order valence-electron chi connectivity index (χ4n) is 5.54. The van der Waals surface area contributed by atoms with Crippen molar-refractivity contribution >= 4 is 22.9 Å². The lowest BCUT2D eigenvalue weighted by atomic mass is 9.63. The van der Waals surface area contributed by atoms with Crippen LogP contribution in [0.5, 0.6) is 5.75 Å². The summed E-state index contributed by atoms with van der Waals surface area (Å²) in [7, 11) is 0. The molecule has 2 saturated carbocycles. The smallest absolute Gasteiger partial charge is 0.286 e. The summed E-state index contributed by atoms with van der Waals surface area (Å²) >= 11 is 1.03. The quantitative estimate of drug-likeness (QED) is 0.618. The number of ether oxygens (including phenoxy) is 1. The number of rotatable bonds is 5. The first-order valence-corrected chi connectivity index (χ1v) is 12.1. The summed E-state index contributed by atoms with van der Waals surface area (Å²) in [5.41, 5.74) is 1.54. The predicted molar refractivity (Wildman–Crippen MR) is 121 cm³/mol. The molecule has 3 fully saturated rings. The Hall–Kier alpha value is -1.93. The number of hydrogen-bond acceptors (Lipinski definition) is 4. The maximum atomic E-state index is 12.1. The van der Waals surface area contributed by atoms with Gasteiger partial charge in [-0.05, 0) is 79.8 Å². The molecule has 1 aromatic rings. The average Bonchev–Trinajstić information content (AvgIpc) is 3.09. The minimum absolute atomic E-state index is 0.257. The Kier molecular flexibility index (Phi) is 6.73. The van der Waals surface area contributed by atoms with Crippen molar-refractivity contribution in [2.24, 2.45) is 11.3 Å². The molecule has 0 aromatic heterocycles. The van der Waals surface area contributed by atoms with Crippen molar-refractivity contribution in [3.05, 3.63) is 29.8 Å². The number of amides is 2. The van der Waals surface area contributed by atoms with Crippen molar-refractivity contribution in [3.63, 3.8) is 0 Å². The van der Waals surface area contributed by atoms with Gasteiger partial charge in [-0.2, -0.15) is 0 Å². The molecule has 0 bridgehead atoms. The fourth-order valence-corrected chi connectivity index (χ4v) is 6.46. The minimum Gasteiger partial charge on any atom is -0.493 e. The van der Waals surface area contributed by atoms with Gasteiger partial charge in [0.1, 0.15) is 11.0 Å². The second-order valence-corrected chi connectivity index (χ2v) is 10.2. The maximum Gasteiger partial charge on any atom is 0.286 e. The van der Waals surface area contributed by atoms with Crippen LogP contribution in [0.2, 0.25) is 0 Å². The van der Waals surface area contributed by atoms with Crippen LogP contribution in [0.25, 0.3) is 0 Å². The molecule has 3 atom stereocenters. The predicted octanol–water partition coefficient (Wildman–Crippen LogP) is 5.66. The lowest BCUT2D eigenvalue weighted by Gasteiger charge is -2.43. The van der Waals surface area contributed by atoms with Crippen molar-refractivity contribution in [1.82, 2.24) is 5.32 Å². The molecule has 2 amide bonds. The minimum atomic E-state index is -0.495. The van der Waals surface area contributed by atoms with Gasteiger partial charge < -0.3 is 4.74 Å². The van der Waals surface area contributed by atoms with E-state index in [0.29, 0.717) is 11.3 Å². The van der Waals surface area contributed by atoms with Crippen LogP contribution >= 0.6 is 11.8 Å². The number of imide groups is 1. The highest BCUT2D eigenvalue weighted by Crippen LogP contribution is 2.49. The van der Waals surface area contributed by atoms with E-state index >= 15 is 0 Å². The summed E-state index contributed by atoms with van der Waals surface area (Å²) in [6.07, 6.45) is 12.4. The number of thioether (sulfide) groups is 1. The highest BCUT2D eigenvalue weighted by Gasteiger charge is 2.38. The summed E-state index contributed by atoms with van der Waals surface area (Å²) in [6, 6.07) is 7.89. The average molecular weight is 426 g/mol. The zero-order valence-corrected chi connectivity index (χ0v) is 18.6. The summed E-state index contributed by atoms with van der Waals surface area (Å²) in [6.45, 7) is 2.54. The van der Waals surface area contributed by atoms with Gasteiger partial charge >= 0.3 is 0 Å². The Morgan fingerprint density at radius 1 is 1.13 bits per heavy atom. The van der Waals surface area contributed by atoms with Crippen molar-refractivity contribution in [2.45, 2.75) is 75.9 Å². The molecule has 1 saturated heterocycles. The van der Waals surface area contributed by atoms with E-state index in [-0.39, 0.29) is 17.1 Å². The first-order chi connectivity index (χ1) is 14.6. The molecule has 1 N–H and O–H groups in total. The third-order valence-corrected chi connectivity index (χ3v) is 8.06. The summed E-state index contributed by atoms with van der Waals surface area (Å²) in [5.74, 6) is 6.97. The normalized spacial score (nSPS) is 26.6. The summed E-state index contributed by atoms with van der Waals surface area (Å²) in [4.78, 5) is 23.7. The lowest BCUT2D eigenvalue weighted by molar-refractivity contribution is -0.119. The Bertz CT molecular complexity index is 827. The monoisotopic (exact) mass is 425 g/mol. The van der Waals surface area contributed by atoms with Gasteiger partial charge in [-0.3, -0.25) is 14.9 Å². The van der Waals surface area contributed by atoms with Gasteiger partial charge in [0.2, 0.25) is 5.91 Å². The molecule has 4 rings (SSSR count). The first-order valence-electron chi connectivity index (χ1n) is 11.3. The molecule has 1 aromatic carbocycles. The van der Waals surface area contributed by atoms with Crippen LogP contribution in [0.3, 0.4) is 0 Å². The SMILES string of the molecule is CC#C[C@H](c1ccc(OCC2CCCC3(CCCCC3)C2)cc1)C1SC(=O)NC1=O. The molecular weight excluding hydrogens is 394 g/mol. The second kappa shape index (κ2) is 9.47. The van der Waals surface area contributed by atoms with E-state index in [1.807, 2.05) is 24.3 Å². The Balaban J connectivity index is 1.36. The zero-order chi connectivity index (χ0) is 21.0. The number of nitrogens with one attached hydrogen (secondary N) is 1. The third-order valence-electron chi connectivity index (χ3n) is 7.00. The lowest BCUT2D eigenvalue weighted by Crippen LogP contribution is -2.33. The number of benzene rings is 1. The van der Waals surface area contributed by atoms with E-state index in [0.717, 1.165) is 29.7 Å². The van der Waals surface area contributed by atoms with Gasteiger partial charge in [-0.1, -0.05) is 43.7 Å². The van der Waals surface area contributed by atoms with Gasteiger partial charge in [-0.25, -0.2) is 0 Å². The molecule has 2 unspecified atom stereocenters. The molecule has 3 aliphatic rings. The summed E-state index contributed by atoms with van der Waals surface area (Å²) in [5, 5.41) is 1.57. The van der Waals surface area contributed by atoms with Crippen molar-refractivity contribution in [2.75, 3.05) is 6.61 Å². The number of hydrogen-bond donors (Lipinski definition) is 1. The number of carbonyl (C=O) groups is 2. The standard InChI is InChI=1S/C25H31NO3S/c1-2-7-21(22-23(27)26-24(28)30-22)19-9-11-20(12-10-19)29-17-18-8-6-15-25(16-18)13-4-3-5-14-25/h9-12,18,21-22H,3-6,8,13-17H2,1H3,(H,26,27,28)/t18?,21-,22?/m1/s1. The third kappa shape index (κ3) is 4.86. The van der Waals surface area contributed by atoms with E-state index in [1.54, 1.807) is 6.92 Å². The van der Waals surface area contributed by atoms with Gasteiger partial charge in [0.25, 0.3) is 5.24 Å². The molecule has 1 aliphatic heterocycles. The Labute approximate surface area is 183 Å². The van der Waals surface area contributed by atoms with Gasteiger partial charge in [-0.15, -0.1) is 5.92 Å². The number of carbonyl (C=O) groups excluding carboxylic acids is 2. The molecule has 30 heavy (non-hydrogen) atoms. The van der Waals surface area contributed by atoms with Crippen LogP contribution in [0.4, 0.5) is 4.79 Å². The fraction of sp³-hybridized carbons (Fsp3) is 0.600. The van der Waals surface area contributed by atoms with Gasteiger partial charge in [0.15, 0.2) is 0 Å².